The van der Waals surface area contributed by atoms with Gasteiger partial charge in [0.25, 0.3) is 11.6 Å². The Bertz CT molecular complexity index is 734. The third-order valence-electron chi connectivity index (χ3n) is 2.86. The van der Waals surface area contributed by atoms with E-state index in [0.717, 1.165) is 0 Å². The molecule has 0 saturated carbocycles. The Morgan fingerprint density at radius 2 is 2.05 bits per heavy atom. The number of benzene rings is 2. The molecule has 0 radical (unpaired) electrons. The van der Waals surface area contributed by atoms with Gasteiger partial charge in [-0.25, -0.2) is 4.39 Å². The van der Waals surface area contributed by atoms with Crippen LogP contribution < -0.4 is 5.32 Å². The largest absolute Gasteiger partial charge is 0.322 e. The first kappa shape index (κ1) is 15.1. The van der Waals surface area contributed by atoms with Gasteiger partial charge in [0.1, 0.15) is 10.3 Å². The molecule has 0 aromatic heterocycles. The molecule has 0 heterocycles. The molecular weight excluding hydrogens is 343 g/mol. The molecule has 5 nitrogen and oxygen atoms in total. The van der Waals surface area contributed by atoms with E-state index in [1.54, 1.807) is 6.92 Å². The number of hydrogen-bond acceptors (Lipinski definition) is 3. The van der Waals surface area contributed by atoms with Crippen LogP contribution in [0.15, 0.2) is 40.9 Å². The minimum absolute atomic E-state index is 0.104. The number of halogens is 2. The average molecular weight is 353 g/mol. The number of rotatable bonds is 3. The van der Waals surface area contributed by atoms with Crippen molar-refractivity contribution in [2.24, 2.45) is 0 Å². The number of carbonyl (C=O) groups excluding carboxylic acids is 1. The maximum atomic E-state index is 13.0. The highest BCUT2D eigenvalue weighted by Crippen LogP contribution is 2.29. The van der Waals surface area contributed by atoms with Gasteiger partial charge >= 0.3 is 0 Å². The maximum absolute atomic E-state index is 13.0. The molecule has 2 aromatic rings. The van der Waals surface area contributed by atoms with Crippen molar-refractivity contribution in [1.82, 2.24) is 0 Å². The molecule has 7 heteroatoms. The number of nitrogens with zero attached hydrogens (tertiary/aromatic N) is 1. The van der Waals surface area contributed by atoms with Crippen molar-refractivity contribution in [2.75, 3.05) is 5.32 Å². The van der Waals surface area contributed by atoms with E-state index >= 15 is 0 Å². The summed E-state index contributed by atoms with van der Waals surface area (Å²) < 4.78 is 13.1. The number of nitrogens with one attached hydrogen (secondary N) is 1. The van der Waals surface area contributed by atoms with Crippen LogP contribution in [0.4, 0.5) is 15.8 Å². The molecule has 0 aliphatic rings. The summed E-state index contributed by atoms with van der Waals surface area (Å²) >= 11 is 3.06. The Morgan fingerprint density at radius 1 is 1.33 bits per heavy atom. The second-order valence-electron chi connectivity index (χ2n) is 4.31. The number of nitro groups is 1. The van der Waals surface area contributed by atoms with Gasteiger partial charge in [0, 0.05) is 11.8 Å². The predicted molar refractivity (Wildman–Crippen MR) is 79.9 cm³/mol. The molecule has 0 saturated heterocycles. The molecule has 1 N–H and O–H groups in total. The first-order chi connectivity index (χ1) is 9.90. The standard InChI is InChI=1S/C14H10BrFN2O3/c1-8-7-9(16)5-6-11(8)17-14(19)10-3-2-4-12(13(10)15)18(20)21/h2-7H,1H3,(H,17,19). The fourth-order valence-corrected chi connectivity index (χ4v) is 2.38. The molecule has 0 spiro atoms. The number of hydrogen-bond donors (Lipinski definition) is 1. The molecule has 0 bridgehead atoms. The fraction of sp³-hybridized carbons (Fsp3) is 0.0714. The van der Waals surface area contributed by atoms with Gasteiger partial charge in [-0.05, 0) is 52.7 Å². The summed E-state index contributed by atoms with van der Waals surface area (Å²) in [6, 6.07) is 8.14. The van der Waals surface area contributed by atoms with E-state index in [1.165, 1.54) is 36.4 Å². The molecule has 0 aliphatic heterocycles. The molecular formula is C14H10BrFN2O3. The minimum atomic E-state index is -0.579. The number of amides is 1. The van der Waals surface area contributed by atoms with Gasteiger partial charge in [-0.2, -0.15) is 0 Å². The van der Waals surface area contributed by atoms with Crippen LogP contribution in [-0.2, 0) is 0 Å². The van der Waals surface area contributed by atoms with Gasteiger partial charge in [0.05, 0.1) is 10.5 Å². The predicted octanol–water partition coefficient (Wildman–Crippen LogP) is 4.06. The summed E-state index contributed by atoms with van der Waals surface area (Å²) in [5.41, 5.74) is 0.941. The molecule has 0 unspecified atom stereocenters. The van der Waals surface area contributed by atoms with E-state index in [0.29, 0.717) is 11.3 Å². The zero-order valence-electron chi connectivity index (χ0n) is 10.9. The zero-order chi connectivity index (χ0) is 15.6. The Hall–Kier alpha value is -2.28. The van der Waals surface area contributed by atoms with Crippen LogP contribution in [0.2, 0.25) is 0 Å². The highest BCUT2D eigenvalue weighted by atomic mass is 79.9. The van der Waals surface area contributed by atoms with E-state index in [-0.39, 0.29) is 15.7 Å². The van der Waals surface area contributed by atoms with Crippen LogP contribution in [0.5, 0.6) is 0 Å². The first-order valence-electron chi connectivity index (χ1n) is 5.90. The summed E-state index contributed by atoms with van der Waals surface area (Å²) in [5.74, 6) is -0.915. The SMILES string of the molecule is Cc1cc(F)ccc1NC(=O)c1cccc([N+](=O)[O-])c1Br. The minimum Gasteiger partial charge on any atom is -0.322 e. The Morgan fingerprint density at radius 3 is 2.67 bits per heavy atom. The van der Waals surface area contributed by atoms with E-state index in [1.807, 2.05) is 0 Å². The van der Waals surface area contributed by atoms with Crippen molar-refractivity contribution in [1.29, 1.82) is 0 Å². The second kappa shape index (κ2) is 6.01. The number of anilines is 1. The van der Waals surface area contributed by atoms with Crippen LogP contribution in [-0.4, -0.2) is 10.8 Å². The van der Waals surface area contributed by atoms with Crippen molar-refractivity contribution in [2.45, 2.75) is 6.92 Å². The number of nitro benzene ring substituents is 1. The molecule has 1 amide bonds. The Labute approximate surface area is 128 Å². The summed E-state index contributed by atoms with van der Waals surface area (Å²) in [6.45, 7) is 1.65. The molecule has 108 valence electrons. The van der Waals surface area contributed by atoms with Crippen LogP contribution in [0.25, 0.3) is 0 Å². The highest BCUT2D eigenvalue weighted by Gasteiger charge is 2.19. The van der Waals surface area contributed by atoms with Crippen molar-refractivity contribution < 1.29 is 14.1 Å². The van der Waals surface area contributed by atoms with Gasteiger partial charge in [-0.1, -0.05) is 6.07 Å². The van der Waals surface area contributed by atoms with Gasteiger partial charge < -0.3 is 5.32 Å². The lowest BCUT2D eigenvalue weighted by Crippen LogP contribution is -2.14. The van der Waals surface area contributed by atoms with Crippen molar-refractivity contribution in [3.05, 3.63) is 67.9 Å². The third-order valence-corrected chi connectivity index (χ3v) is 3.69. The Balaban J connectivity index is 2.33. The smallest absolute Gasteiger partial charge is 0.284 e. The second-order valence-corrected chi connectivity index (χ2v) is 5.10. The maximum Gasteiger partial charge on any atom is 0.284 e. The van der Waals surface area contributed by atoms with Crippen molar-refractivity contribution in [3.63, 3.8) is 0 Å². The molecule has 2 aromatic carbocycles. The summed E-state index contributed by atoms with van der Waals surface area (Å²) in [5, 5.41) is 13.5. The lowest BCUT2D eigenvalue weighted by Gasteiger charge is -2.09. The van der Waals surface area contributed by atoms with Gasteiger partial charge in [0.15, 0.2) is 0 Å². The topological polar surface area (TPSA) is 72.2 Å². The van der Waals surface area contributed by atoms with Crippen LogP contribution >= 0.6 is 15.9 Å². The fourth-order valence-electron chi connectivity index (χ4n) is 1.79. The normalized spacial score (nSPS) is 10.2. The summed E-state index contributed by atoms with van der Waals surface area (Å²) in [4.78, 5) is 22.5. The van der Waals surface area contributed by atoms with Crippen LogP contribution in [0.1, 0.15) is 15.9 Å². The monoisotopic (exact) mass is 352 g/mol. The van der Waals surface area contributed by atoms with Crippen molar-refractivity contribution >= 4 is 33.2 Å². The number of aryl methyl sites for hydroxylation is 1. The van der Waals surface area contributed by atoms with Gasteiger partial charge in [0.2, 0.25) is 0 Å². The lowest BCUT2D eigenvalue weighted by atomic mass is 10.1. The van der Waals surface area contributed by atoms with Crippen LogP contribution in [0.3, 0.4) is 0 Å². The first-order valence-corrected chi connectivity index (χ1v) is 6.70. The average Bonchev–Trinajstić information content (AvgIpc) is 2.41. The van der Waals surface area contributed by atoms with E-state index in [2.05, 4.69) is 21.2 Å². The third kappa shape index (κ3) is 3.25. The van der Waals surface area contributed by atoms with Crippen molar-refractivity contribution in [3.8, 4) is 0 Å². The Kier molecular flexibility index (Phi) is 4.32. The molecule has 0 fully saturated rings. The van der Waals surface area contributed by atoms with E-state index < -0.39 is 16.6 Å². The molecule has 21 heavy (non-hydrogen) atoms. The van der Waals surface area contributed by atoms with E-state index in [4.69, 9.17) is 0 Å². The molecule has 0 aliphatic carbocycles. The highest BCUT2D eigenvalue weighted by molar-refractivity contribution is 9.10. The van der Waals surface area contributed by atoms with Gasteiger partial charge in [-0.3, -0.25) is 14.9 Å². The van der Waals surface area contributed by atoms with Crippen LogP contribution in [0, 0.1) is 22.9 Å². The molecule has 0 atom stereocenters. The van der Waals surface area contributed by atoms with E-state index in [9.17, 15) is 19.3 Å². The molecule has 2 rings (SSSR count). The summed E-state index contributed by atoms with van der Waals surface area (Å²) in [7, 11) is 0. The zero-order valence-corrected chi connectivity index (χ0v) is 12.5. The number of carbonyl (C=O) groups is 1. The quantitative estimate of drug-likeness (QED) is 0.668. The van der Waals surface area contributed by atoms with Gasteiger partial charge in [-0.15, -0.1) is 0 Å². The lowest BCUT2D eigenvalue weighted by molar-refractivity contribution is -0.385. The summed E-state index contributed by atoms with van der Waals surface area (Å²) in [6.07, 6.45) is 0.